The highest BCUT2D eigenvalue weighted by Gasteiger charge is 2.31. The van der Waals surface area contributed by atoms with Crippen molar-refractivity contribution in [3.05, 3.63) is 53.6 Å². The molecule has 0 bridgehead atoms. The Kier molecular flexibility index (Phi) is 6.57. The monoisotopic (exact) mass is 478 g/mol. The Morgan fingerprint density at radius 1 is 1.06 bits per heavy atom. The van der Waals surface area contributed by atoms with Crippen LogP contribution in [0.25, 0.3) is 11.0 Å². The van der Waals surface area contributed by atoms with Gasteiger partial charge in [-0.05, 0) is 31.2 Å². The molecular formula is C21H23ClN4O3S2. The van der Waals surface area contributed by atoms with Crippen molar-refractivity contribution in [1.82, 2.24) is 18.8 Å². The largest absolute Gasteiger partial charge is 0.339 e. The summed E-state index contributed by atoms with van der Waals surface area (Å²) in [4.78, 5) is 19.2. The third-order valence-electron chi connectivity index (χ3n) is 5.31. The van der Waals surface area contributed by atoms with Gasteiger partial charge in [-0.15, -0.1) is 0 Å². The molecule has 1 aliphatic rings. The zero-order valence-electron chi connectivity index (χ0n) is 17.1. The summed E-state index contributed by atoms with van der Waals surface area (Å²) >= 11 is 7.50. The fourth-order valence-corrected chi connectivity index (χ4v) is 6.55. The maximum atomic E-state index is 12.9. The molecule has 10 heteroatoms. The molecule has 0 unspecified atom stereocenters. The van der Waals surface area contributed by atoms with Gasteiger partial charge in [0, 0.05) is 32.7 Å². The maximum absolute atomic E-state index is 12.9. The normalized spacial score (nSPS) is 15.5. The molecule has 1 fully saturated rings. The number of hydrogen-bond acceptors (Lipinski definition) is 5. The van der Waals surface area contributed by atoms with Crippen LogP contribution in [0.2, 0.25) is 5.02 Å². The molecule has 0 radical (unpaired) electrons. The zero-order valence-corrected chi connectivity index (χ0v) is 19.5. The van der Waals surface area contributed by atoms with E-state index < -0.39 is 10.0 Å². The predicted octanol–water partition coefficient (Wildman–Crippen LogP) is 3.33. The first-order valence-electron chi connectivity index (χ1n) is 10.0. The Morgan fingerprint density at radius 3 is 2.45 bits per heavy atom. The van der Waals surface area contributed by atoms with Crippen molar-refractivity contribution in [2.75, 3.05) is 31.9 Å². The lowest BCUT2D eigenvalue weighted by Gasteiger charge is -2.34. The Bertz CT molecular complexity index is 1200. The van der Waals surface area contributed by atoms with Crippen molar-refractivity contribution >= 4 is 50.3 Å². The molecule has 0 saturated carbocycles. The Labute approximate surface area is 191 Å². The van der Waals surface area contributed by atoms with Crippen LogP contribution in [0.3, 0.4) is 0 Å². The first kappa shape index (κ1) is 22.1. The fraction of sp³-hybridized carbons (Fsp3) is 0.333. The van der Waals surface area contributed by atoms with Crippen molar-refractivity contribution in [2.24, 2.45) is 0 Å². The summed E-state index contributed by atoms with van der Waals surface area (Å²) in [5.74, 6) is 0.245. The number of hydrogen-bond donors (Lipinski definition) is 0. The number of rotatable bonds is 6. The number of carbonyl (C=O) groups is 1. The number of piperazine rings is 1. The van der Waals surface area contributed by atoms with Crippen LogP contribution in [0.15, 0.2) is 58.6 Å². The van der Waals surface area contributed by atoms with Crippen molar-refractivity contribution in [1.29, 1.82) is 0 Å². The van der Waals surface area contributed by atoms with E-state index in [4.69, 9.17) is 11.6 Å². The fourth-order valence-electron chi connectivity index (χ4n) is 3.66. The molecule has 4 rings (SSSR count). The average molecular weight is 479 g/mol. The van der Waals surface area contributed by atoms with E-state index in [1.807, 2.05) is 24.3 Å². The summed E-state index contributed by atoms with van der Waals surface area (Å²) in [6.45, 7) is 4.03. The van der Waals surface area contributed by atoms with Crippen LogP contribution in [0.5, 0.6) is 0 Å². The number of sulfonamides is 1. The molecule has 1 saturated heterocycles. The molecular weight excluding hydrogens is 456 g/mol. The van der Waals surface area contributed by atoms with Crippen LogP contribution in [0.4, 0.5) is 0 Å². The van der Waals surface area contributed by atoms with Gasteiger partial charge in [-0.2, -0.15) is 4.31 Å². The first-order valence-corrected chi connectivity index (χ1v) is 12.8. The molecule has 1 aliphatic heterocycles. The molecule has 1 amide bonds. The van der Waals surface area contributed by atoms with Gasteiger partial charge in [0.2, 0.25) is 15.9 Å². The number of carbonyl (C=O) groups excluding carboxylic acids is 1. The lowest BCUT2D eigenvalue weighted by Crippen LogP contribution is -2.51. The Morgan fingerprint density at radius 2 is 1.74 bits per heavy atom. The number of para-hydroxylation sites is 2. The van der Waals surface area contributed by atoms with E-state index in [0.717, 1.165) is 22.7 Å². The molecule has 7 nitrogen and oxygen atoms in total. The van der Waals surface area contributed by atoms with Crippen LogP contribution in [0.1, 0.15) is 6.92 Å². The van der Waals surface area contributed by atoms with E-state index in [9.17, 15) is 13.2 Å². The zero-order chi connectivity index (χ0) is 22.0. The van der Waals surface area contributed by atoms with E-state index in [2.05, 4.69) is 16.5 Å². The Hall–Kier alpha value is -2.07. The number of thioether (sulfide) groups is 1. The minimum Gasteiger partial charge on any atom is -0.339 e. The topological polar surface area (TPSA) is 75.5 Å². The smallest absolute Gasteiger partial charge is 0.244 e. The van der Waals surface area contributed by atoms with E-state index >= 15 is 0 Å². The highest BCUT2D eigenvalue weighted by Crippen LogP contribution is 2.26. The molecule has 31 heavy (non-hydrogen) atoms. The molecule has 0 atom stereocenters. The van der Waals surface area contributed by atoms with Gasteiger partial charge in [-0.3, -0.25) is 4.79 Å². The predicted molar refractivity (Wildman–Crippen MR) is 123 cm³/mol. The molecule has 0 N–H and O–H groups in total. The summed E-state index contributed by atoms with van der Waals surface area (Å²) in [6, 6.07) is 14.3. The number of amides is 1. The van der Waals surface area contributed by atoms with Crippen molar-refractivity contribution in [2.45, 2.75) is 23.5 Å². The van der Waals surface area contributed by atoms with Crippen molar-refractivity contribution in [3.63, 3.8) is 0 Å². The van der Waals surface area contributed by atoms with Crippen LogP contribution in [-0.4, -0.2) is 65.0 Å². The van der Waals surface area contributed by atoms with Gasteiger partial charge < -0.3 is 9.47 Å². The summed E-state index contributed by atoms with van der Waals surface area (Å²) in [5, 5.41) is 1.02. The summed E-state index contributed by atoms with van der Waals surface area (Å²) < 4.78 is 29.2. The van der Waals surface area contributed by atoms with E-state index in [1.54, 1.807) is 23.1 Å². The third kappa shape index (κ3) is 4.45. The maximum Gasteiger partial charge on any atom is 0.244 e. The number of halogens is 1. The molecule has 3 aromatic rings. The third-order valence-corrected chi connectivity index (χ3v) is 8.67. The summed E-state index contributed by atoms with van der Waals surface area (Å²) in [5.41, 5.74) is 1.97. The number of imidazole rings is 1. The summed E-state index contributed by atoms with van der Waals surface area (Å²) in [7, 11) is -3.68. The Balaban J connectivity index is 1.37. The SMILES string of the molecule is CCn1c(SCC(=O)N2CCN(S(=O)(=O)c3ccccc3Cl)CC2)nc2ccccc21. The van der Waals surface area contributed by atoms with Crippen LogP contribution >= 0.6 is 23.4 Å². The van der Waals surface area contributed by atoms with Gasteiger partial charge in [-0.25, -0.2) is 13.4 Å². The highest BCUT2D eigenvalue weighted by molar-refractivity contribution is 7.99. The molecule has 2 heterocycles. The van der Waals surface area contributed by atoms with Crippen LogP contribution in [0, 0.1) is 0 Å². The minimum absolute atomic E-state index is 0.0190. The second kappa shape index (κ2) is 9.20. The standard InChI is InChI=1S/C21H23ClN4O3S2/c1-2-26-18-9-5-4-8-17(18)23-21(26)30-15-20(27)24-11-13-25(14-12-24)31(28,29)19-10-6-3-7-16(19)22/h3-10H,2,11-15H2,1H3. The number of nitrogens with zero attached hydrogens (tertiary/aromatic N) is 4. The first-order chi connectivity index (χ1) is 14.9. The lowest BCUT2D eigenvalue weighted by atomic mass is 10.3. The quantitative estimate of drug-likeness (QED) is 0.508. The number of aromatic nitrogens is 2. The molecule has 0 spiro atoms. The van der Waals surface area contributed by atoms with E-state index in [-0.39, 0.29) is 34.7 Å². The van der Waals surface area contributed by atoms with Crippen LogP contribution < -0.4 is 0 Å². The number of aryl methyl sites for hydroxylation is 1. The van der Waals surface area contributed by atoms with Gasteiger partial charge in [0.15, 0.2) is 5.16 Å². The second-order valence-electron chi connectivity index (χ2n) is 7.13. The van der Waals surface area contributed by atoms with E-state index in [1.165, 1.54) is 22.1 Å². The lowest BCUT2D eigenvalue weighted by molar-refractivity contribution is -0.129. The molecule has 1 aromatic heterocycles. The van der Waals surface area contributed by atoms with Gasteiger partial charge >= 0.3 is 0 Å². The van der Waals surface area contributed by atoms with Gasteiger partial charge in [0.25, 0.3) is 0 Å². The van der Waals surface area contributed by atoms with Crippen LogP contribution in [-0.2, 0) is 21.4 Å². The van der Waals surface area contributed by atoms with E-state index in [0.29, 0.717) is 13.1 Å². The van der Waals surface area contributed by atoms with Gasteiger partial charge in [-0.1, -0.05) is 47.6 Å². The second-order valence-corrected chi connectivity index (χ2v) is 10.4. The van der Waals surface area contributed by atoms with Gasteiger partial charge in [0.1, 0.15) is 4.90 Å². The van der Waals surface area contributed by atoms with Crippen molar-refractivity contribution in [3.8, 4) is 0 Å². The highest BCUT2D eigenvalue weighted by atomic mass is 35.5. The average Bonchev–Trinajstić information content (AvgIpc) is 3.15. The molecule has 164 valence electrons. The van der Waals surface area contributed by atoms with Crippen molar-refractivity contribution < 1.29 is 13.2 Å². The number of fused-ring (bicyclic) bond motifs is 1. The summed E-state index contributed by atoms with van der Waals surface area (Å²) in [6.07, 6.45) is 0. The molecule has 0 aliphatic carbocycles. The number of benzene rings is 2. The molecule has 2 aromatic carbocycles. The minimum atomic E-state index is -3.68. The van der Waals surface area contributed by atoms with Gasteiger partial charge in [0.05, 0.1) is 21.8 Å².